The normalized spacial score (nSPS) is 17.7. The largest absolute Gasteiger partial charge is 0.480 e. The van der Waals surface area contributed by atoms with Crippen molar-refractivity contribution < 1.29 is 24.2 Å². The third-order valence-corrected chi connectivity index (χ3v) is 3.53. The summed E-state index contributed by atoms with van der Waals surface area (Å²) in [7, 11) is 0. The Labute approximate surface area is 140 Å². The Kier molecular flexibility index (Phi) is 5.11. The number of hydrogen-bond donors (Lipinski definition) is 2. The summed E-state index contributed by atoms with van der Waals surface area (Å²) < 4.78 is 5.19. The number of para-hydroxylation sites is 1. The van der Waals surface area contributed by atoms with Gasteiger partial charge in [-0.2, -0.15) is 0 Å². The number of alkyl carbamates (subject to hydrolysis) is 1. The van der Waals surface area contributed by atoms with Gasteiger partial charge in [-0.15, -0.1) is 0 Å². The van der Waals surface area contributed by atoms with E-state index in [1.165, 1.54) is 4.90 Å². The second-order valence-electron chi connectivity index (χ2n) is 6.68. The quantitative estimate of drug-likeness (QED) is 0.881. The fourth-order valence-corrected chi connectivity index (χ4v) is 2.60. The molecule has 1 atom stereocenters. The van der Waals surface area contributed by atoms with Crippen LogP contribution in [0.3, 0.4) is 0 Å². The molecule has 1 aliphatic heterocycles. The molecule has 1 aliphatic rings. The number of anilines is 1. The lowest BCUT2D eigenvalue weighted by atomic mass is 10.1. The van der Waals surface area contributed by atoms with E-state index in [0.717, 1.165) is 5.56 Å². The van der Waals surface area contributed by atoms with E-state index in [9.17, 15) is 14.4 Å². The first-order chi connectivity index (χ1) is 11.2. The third kappa shape index (κ3) is 4.47. The number of nitrogens with zero attached hydrogens (tertiary/aromatic N) is 1. The van der Waals surface area contributed by atoms with Crippen molar-refractivity contribution in [2.24, 2.45) is 0 Å². The van der Waals surface area contributed by atoms with E-state index in [1.807, 2.05) is 12.1 Å². The van der Waals surface area contributed by atoms with Gasteiger partial charge in [0.05, 0.1) is 0 Å². The van der Waals surface area contributed by atoms with Gasteiger partial charge in [0.1, 0.15) is 18.2 Å². The summed E-state index contributed by atoms with van der Waals surface area (Å²) in [6.07, 6.45) is 0.242. The molecule has 130 valence electrons. The Bertz CT molecular complexity index is 651. The van der Waals surface area contributed by atoms with Crippen LogP contribution in [0.4, 0.5) is 10.5 Å². The van der Waals surface area contributed by atoms with Crippen LogP contribution in [0.15, 0.2) is 24.3 Å². The number of carboxylic acids is 1. The minimum absolute atomic E-state index is 0.380. The summed E-state index contributed by atoms with van der Waals surface area (Å²) in [6, 6.07) is 6.33. The number of hydrogen-bond acceptors (Lipinski definition) is 4. The number of ether oxygens (including phenoxy) is 1. The minimum atomic E-state index is -1.11. The van der Waals surface area contributed by atoms with Crippen molar-refractivity contribution in [2.45, 2.75) is 45.3 Å². The van der Waals surface area contributed by atoms with Crippen LogP contribution in [0.2, 0.25) is 0 Å². The summed E-state index contributed by atoms with van der Waals surface area (Å²) in [5.74, 6) is -1.57. The van der Waals surface area contributed by atoms with Gasteiger partial charge in [0, 0.05) is 5.69 Å². The predicted molar refractivity (Wildman–Crippen MR) is 87.9 cm³/mol. The van der Waals surface area contributed by atoms with Crippen LogP contribution in [0.5, 0.6) is 0 Å². The average molecular weight is 334 g/mol. The number of carbonyl (C=O) groups excluding carboxylic acids is 2. The molecule has 0 bridgehead atoms. The maximum atomic E-state index is 12.7. The number of carbonyl (C=O) groups is 3. The van der Waals surface area contributed by atoms with Crippen molar-refractivity contribution in [3.8, 4) is 0 Å². The van der Waals surface area contributed by atoms with E-state index in [2.05, 4.69) is 5.32 Å². The van der Waals surface area contributed by atoms with Gasteiger partial charge in [-0.3, -0.25) is 14.5 Å². The number of fused-ring (bicyclic) bond motifs is 1. The lowest BCUT2D eigenvalue weighted by Crippen LogP contribution is -2.50. The number of nitrogens with one attached hydrogen (secondary N) is 1. The zero-order valence-corrected chi connectivity index (χ0v) is 14.0. The summed E-state index contributed by atoms with van der Waals surface area (Å²) >= 11 is 0. The van der Waals surface area contributed by atoms with Gasteiger partial charge in [0.25, 0.3) is 0 Å². The third-order valence-electron chi connectivity index (χ3n) is 3.53. The molecule has 24 heavy (non-hydrogen) atoms. The average Bonchev–Trinajstić information content (AvgIpc) is 2.57. The second kappa shape index (κ2) is 6.90. The molecule has 7 nitrogen and oxygen atoms in total. The van der Waals surface area contributed by atoms with Crippen molar-refractivity contribution in [1.82, 2.24) is 5.32 Å². The van der Waals surface area contributed by atoms with Crippen LogP contribution >= 0.6 is 0 Å². The lowest BCUT2D eigenvalue weighted by molar-refractivity contribution is -0.136. The molecule has 7 heteroatoms. The molecule has 2 rings (SSSR count). The van der Waals surface area contributed by atoms with Crippen LogP contribution in [0.25, 0.3) is 0 Å². The summed E-state index contributed by atoms with van der Waals surface area (Å²) in [5.41, 5.74) is 0.765. The summed E-state index contributed by atoms with van der Waals surface area (Å²) in [6.45, 7) is 4.73. The van der Waals surface area contributed by atoms with E-state index in [4.69, 9.17) is 9.84 Å². The van der Waals surface area contributed by atoms with E-state index < -0.39 is 36.2 Å². The molecule has 0 aliphatic carbocycles. The Morgan fingerprint density at radius 3 is 2.62 bits per heavy atom. The van der Waals surface area contributed by atoms with Crippen LogP contribution < -0.4 is 10.2 Å². The molecule has 1 aromatic carbocycles. The molecule has 1 aromatic rings. The molecule has 0 aromatic heterocycles. The van der Waals surface area contributed by atoms with Crippen molar-refractivity contribution in [1.29, 1.82) is 0 Å². The first kappa shape index (κ1) is 17.8. The standard InChI is InChI=1S/C17H22N2O5/c1-17(2,3)24-16(23)18-12-9-8-11-6-4-5-7-13(11)19(15(12)22)10-14(20)21/h4-7,12H,8-10H2,1-3H3,(H,18,23)(H,20,21). The monoisotopic (exact) mass is 334 g/mol. The maximum absolute atomic E-state index is 12.7. The number of aliphatic carboxylic acids is 1. The minimum Gasteiger partial charge on any atom is -0.480 e. The Morgan fingerprint density at radius 1 is 1.33 bits per heavy atom. The van der Waals surface area contributed by atoms with Gasteiger partial charge in [0.15, 0.2) is 0 Å². The van der Waals surface area contributed by atoms with Crippen LogP contribution in [-0.4, -0.2) is 41.3 Å². The fourth-order valence-electron chi connectivity index (χ4n) is 2.60. The van der Waals surface area contributed by atoms with Crippen molar-refractivity contribution in [2.75, 3.05) is 11.4 Å². The second-order valence-corrected chi connectivity index (χ2v) is 6.68. The molecule has 0 spiro atoms. The van der Waals surface area contributed by atoms with Crippen molar-refractivity contribution in [3.63, 3.8) is 0 Å². The van der Waals surface area contributed by atoms with E-state index in [-0.39, 0.29) is 0 Å². The fraction of sp³-hybridized carbons (Fsp3) is 0.471. The topological polar surface area (TPSA) is 95.9 Å². The number of rotatable bonds is 3. The van der Waals surface area contributed by atoms with Gasteiger partial charge in [-0.05, 0) is 45.2 Å². The van der Waals surface area contributed by atoms with Gasteiger partial charge in [-0.1, -0.05) is 18.2 Å². The molecule has 2 amide bonds. The molecule has 1 unspecified atom stereocenters. The van der Waals surface area contributed by atoms with Crippen molar-refractivity contribution >= 4 is 23.7 Å². The summed E-state index contributed by atoms with van der Waals surface area (Å²) in [4.78, 5) is 37.1. The highest BCUT2D eigenvalue weighted by atomic mass is 16.6. The molecular weight excluding hydrogens is 312 g/mol. The van der Waals surface area contributed by atoms with Gasteiger partial charge >= 0.3 is 12.1 Å². The van der Waals surface area contributed by atoms with Crippen LogP contribution in [-0.2, 0) is 20.7 Å². The highest BCUT2D eigenvalue weighted by Crippen LogP contribution is 2.27. The van der Waals surface area contributed by atoms with E-state index in [1.54, 1.807) is 32.9 Å². The first-order valence-electron chi connectivity index (χ1n) is 7.78. The molecular formula is C17H22N2O5. The summed E-state index contributed by atoms with van der Waals surface area (Å²) in [5, 5.41) is 11.7. The first-order valence-corrected chi connectivity index (χ1v) is 7.78. The molecule has 0 saturated heterocycles. The molecule has 2 N–H and O–H groups in total. The highest BCUT2D eigenvalue weighted by molar-refractivity contribution is 6.02. The predicted octanol–water partition coefficient (Wildman–Crippen LogP) is 1.94. The Balaban J connectivity index is 2.23. The molecule has 1 heterocycles. The zero-order valence-electron chi connectivity index (χ0n) is 14.0. The highest BCUT2D eigenvalue weighted by Gasteiger charge is 2.33. The number of amides is 2. The molecule has 0 radical (unpaired) electrons. The molecule has 0 fully saturated rings. The van der Waals surface area contributed by atoms with Gasteiger partial charge < -0.3 is 15.2 Å². The molecule has 0 saturated carbocycles. The van der Waals surface area contributed by atoms with E-state index in [0.29, 0.717) is 18.5 Å². The number of benzene rings is 1. The maximum Gasteiger partial charge on any atom is 0.408 e. The number of aryl methyl sites for hydroxylation is 1. The van der Waals surface area contributed by atoms with Crippen LogP contribution in [0, 0.1) is 0 Å². The zero-order chi connectivity index (χ0) is 17.9. The van der Waals surface area contributed by atoms with E-state index >= 15 is 0 Å². The number of carboxylic acid groups (broad SMARTS) is 1. The van der Waals surface area contributed by atoms with Gasteiger partial charge in [0.2, 0.25) is 5.91 Å². The van der Waals surface area contributed by atoms with Gasteiger partial charge in [-0.25, -0.2) is 4.79 Å². The Morgan fingerprint density at radius 2 is 2.00 bits per heavy atom. The SMILES string of the molecule is CC(C)(C)OC(=O)NC1CCc2ccccc2N(CC(=O)O)C1=O. The lowest BCUT2D eigenvalue weighted by Gasteiger charge is -2.26. The smallest absolute Gasteiger partial charge is 0.408 e. The Hall–Kier alpha value is -2.57. The van der Waals surface area contributed by atoms with Crippen molar-refractivity contribution in [3.05, 3.63) is 29.8 Å². The van der Waals surface area contributed by atoms with Crippen LogP contribution in [0.1, 0.15) is 32.8 Å².